The van der Waals surface area contributed by atoms with Crippen molar-refractivity contribution in [3.8, 4) is 0 Å². The third-order valence-corrected chi connectivity index (χ3v) is 3.76. The van der Waals surface area contributed by atoms with Crippen molar-refractivity contribution >= 4 is 16.9 Å². The number of carbonyl (C=O) groups excluding carboxylic acids is 1. The van der Waals surface area contributed by atoms with E-state index in [1.54, 1.807) is 0 Å². The Hall–Kier alpha value is -2.55. The van der Waals surface area contributed by atoms with E-state index in [0.717, 1.165) is 23.9 Å². The zero-order valence-electron chi connectivity index (χ0n) is 12.7. The fraction of sp³-hybridized carbons (Fsp3) is 0.211. The van der Waals surface area contributed by atoms with Crippen LogP contribution in [-0.2, 0) is 17.7 Å². The molecule has 0 spiro atoms. The van der Waals surface area contributed by atoms with Crippen LogP contribution < -0.4 is 0 Å². The van der Waals surface area contributed by atoms with Gasteiger partial charge in [-0.3, -0.25) is 0 Å². The second-order valence-electron chi connectivity index (χ2n) is 5.20. The topological polar surface area (TPSA) is 31.2 Å². The second kappa shape index (κ2) is 6.48. The lowest BCUT2D eigenvalue weighted by Crippen LogP contribution is -2.13. The van der Waals surface area contributed by atoms with Gasteiger partial charge in [-0.1, -0.05) is 48.5 Å². The zero-order valence-corrected chi connectivity index (χ0v) is 12.7. The lowest BCUT2D eigenvalue weighted by Gasteiger charge is -2.10. The van der Waals surface area contributed by atoms with Crippen molar-refractivity contribution in [3.63, 3.8) is 0 Å². The van der Waals surface area contributed by atoms with Crippen molar-refractivity contribution in [2.75, 3.05) is 6.61 Å². The molecule has 22 heavy (non-hydrogen) atoms. The van der Waals surface area contributed by atoms with E-state index < -0.39 is 0 Å². The van der Waals surface area contributed by atoms with Crippen LogP contribution in [0.4, 0.5) is 0 Å². The molecule has 0 saturated heterocycles. The summed E-state index contributed by atoms with van der Waals surface area (Å²) in [5.74, 6) is -0.258. The van der Waals surface area contributed by atoms with E-state index >= 15 is 0 Å². The van der Waals surface area contributed by atoms with Gasteiger partial charge in [-0.05, 0) is 31.0 Å². The molecule has 3 aromatic rings. The van der Waals surface area contributed by atoms with Crippen LogP contribution in [0.1, 0.15) is 23.0 Å². The summed E-state index contributed by atoms with van der Waals surface area (Å²) >= 11 is 0. The number of aromatic nitrogens is 1. The van der Waals surface area contributed by atoms with Crippen molar-refractivity contribution in [3.05, 3.63) is 71.9 Å². The summed E-state index contributed by atoms with van der Waals surface area (Å²) < 4.78 is 7.25. The van der Waals surface area contributed by atoms with E-state index in [0.29, 0.717) is 12.3 Å². The Morgan fingerprint density at radius 3 is 2.55 bits per heavy atom. The van der Waals surface area contributed by atoms with E-state index in [-0.39, 0.29) is 5.97 Å². The van der Waals surface area contributed by atoms with Gasteiger partial charge in [-0.15, -0.1) is 0 Å². The molecule has 3 heteroatoms. The number of fused-ring (bicyclic) bond motifs is 1. The van der Waals surface area contributed by atoms with Crippen molar-refractivity contribution in [1.82, 2.24) is 4.57 Å². The molecule has 0 aliphatic carbocycles. The molecule has 0 atom stereocenters. The molecule has 0 amide bonds. The number of hydrogen-bond donors (Lipinski definition) is 0. The highest BCUT2D eigenvalue weighted by atomic mass is 16.5. The number of aryl methyl sites for hydroxylation is 2. The fourth-order valence-electron chi connectivity index (χ4n) is 2.71. The van der Waals surface area contributed by atoms with Gasteiger partial charge in [0.15, 0.2) is 0 Å². The van der Waals surface area contributed by atoms with E-state index in [4.69, 9.17) is 4.74 Å². The average molecular weight is 293 g/mol. The molecular weight excluding hydrogens is 274 g/mol. The predicted molar refractivity (Wildman–Crippen MR) is 88.0 cm³/mol. The SMILES string of the molecule is CCOC(=O)c1cc2ccccc2n1CCc1ccccc1. The number of rotatable bonds is 5. The number of ether oxygens (including phenoxy) is 1. The number of para-hydroxylation sites is 1. The minimum atomic E-state index is -0.258. The molecule has 0 fully saturated rings. The minimum absolute atomic E-state index is 0.258. The van der Waals surface area contributed by atoms with Crippen LogP contribution in [0.3, 0.4) is 0 Å². The van der Waals surface area contributed by atoms with Gasteiger partial charge in [0.05, 0.1) is 6.61 Å². The highest BCUT2D eigenvalue weighted by Gasteiger charge is 2.16. The quantitative estimate of drug-likeness (QED) is 0.664. The molecule has 1 heterocycles. The van der Waals surface area contributed by atoms with Crippen LogP contribution in [0, 0.1) is 0 Å². The molecule has 0 aliphatic heterocycles. The van der Waals surface area contributed by atoms with Gasteiger partial charge in [0, 0.05) is 17.4 Å². The first-order chi connectivity index (χ1) is 10.8. The van der Waals surface area contributed by atoms with Gasteiger partial charge in [0.1, 0.15) is 5.69 Å². The standard InChI is InChI=1S/C19H19NO2/c1-2-22-19(21)18-14-16-10-6-7-11-17(16)20(18)13-12-15-8-4-3-5-9-15/h3-11,14H,2,12-13H2,1H3. The summed E-state index contributed by atoms with van der Waals surface area (Å²) in [6.45, 7) is 2.97. The fourth-order valence-corrected chi connectivity index (χ4v) is 2.71. The van der Waals surface area contributed by atoms with Gasteiger partial charge in [0.25, 0.3) is 0 Å². The lowest BCUT2D eigenvalue weighted by atomic mass is 10.1. The molecule has 1 aromatic heterocycles. The van der Waals surface area contributed by atoms with Gasteiger partial charge >= 0.3 is 5.97 Å². The Morgan fingerprint density at radius 1 is 1.05 bits per heavy atom. The van der Waals surface area contributed by atoms with Crippen LogP contribution in [0.15, 0.2) is 60.7 Å². The van der Waals surface area contributed by atoms with Crippen LogP contribution in [-0.4, -0.2) is 17.1 Å². The first-order valence-corrected chi connectivity index (χ1v) is 7.59. The highest BCUT2D eigenvalue weighted by Crippen LogP contribution is 2.21. The van der Waals surface area contributed by atoms with E-state index in [1.807, 2.05) is 55.5 Å². The maximum absolute atomic E-state index is 12.2. The number of carbonyl (C=O) groups is 1. The largest absolute Gasteiger partial charge is 0.461 e. The number of hydrogen-bond acceptors (Lipinski definition) is 2. The molecular formula is C19H19NO2. The monoisotopic (exact) mass is 293 g/mol. The van der Waals surface area contributed by atoms with E-state index in [2.05, 4.69) is 16.7 Å². The first kappa shape index (κ1) is 14.4. The third kappa shape index (κ3) is 2.89. The van der Waals surface area contributed by atoms with Gasteiger partial charge in [-0.25, -0.2) is 4.79 Å². The lowest BCUT2D eigenvalue weighted by molar-refractivity contribution is 0.0514. The number of nitrogens with zero attached hydrogens (tertiary/aromatic N) is 1. The Balaban J connectivity index is 1.95. The van der Waals surface area contributed by atoms with Crippen molar-refractivity contribution in [1.29, 1.82) is 0 Å². The van der Waals surface area contributed by atoms with Crippen molar-refractivity contribution in [2.24, 2.45) is 0 Å². The van der Waals surface area contributed by atoms with Crippen LogP contribution in [0.25, 0.3) is 10.9 Å². The normalized spacial score (nSPS) is 10.8. The number of benzene rings is 2. The third-order valence-electron chi connectivity index (χ3n) is 3.76. The van der Waals surface area contributed by atoms with E-state index in [9.17, 15) is 4.79 Å². The molecule has 0 bridgehead atoms. The van der Waals surface area contributed by atoms with Crippen LogP contribution in [0.5, 0.6) is 0 Å². The van der Waals surface area contributed by atoms with Gasteiger partial charge < -0.3 is 9.30 Å². The molecule has 0 radical (unpaired) electrons. The molecule has 0 unspecified atom stereocenters. The molecule has 0 aliphatic rings. The summed E-state index contributed by atoms with van der Waals surface area (Å²) in [5.41, 5.74) is 2.95. The maximum Gasteiger partial charge on any atom is 0.354 e. The van der Waals surface area contributed by atoms with Crippen molar-refractivity contribution in [2.45, 2.75) is 19.9 Å². The molecule has 0 N–H and O–H groups in total. The summed E-state index contributed by atoms with van der Waals surface area (Å²) in [7, 11) is 0. The predicted octanol–water partition coefficient (Wildman–Crippen LogP) is 4.06. The first-order valence-electron chi connectivity index (χ1n) is 7.59. The Bertz CT molecular complexity index is 774. The Kier molecular flexibility index (Phi) is 4.24. The summed E-state index contributed by atoms with van der Waals surface area (Å²) in [5, 5.41) is 1.07. The van der Waals surface area contributed by atoms with Gasteiger partial charge in [-0.2, -0.15) is 0 Å². The average Bonchev–Trinajstić information content (AvgIpc) is 2.93. The van der Waals surface area contributed by atoms with Crippen LogP contribution in [0.2, 0.25) is 0 Å². The minimum Gasteiger partial charge on any atom is -0.461 e. The molecule has 112 valence electrons. The molecule has 2 aromatic carbocycles. The molecule has 3 rings (SSSR count). The summed E-state index contributed by atoms with van der Waals surface area (Å²) in [6, 6.07) is 20.3. The highest BCUT2D eigenvalue weighted by molar-refractivity contribution is 5.95. The van der Waals surface area contributed by atoms with Crippen LogP contribution >= 0.6 is 0 Å². The summed E-state index contributed by atoms with van der Waals surface area (Å²) in [4.78, 5) is 12.2. The summed E-state index contributed by atoms with van der Waals surface area (Å²) in [6.07, 6.45) is 0.881. The number of esters is 1. The smallest absolute Gasteiger partial charge is 0.354 e. The second-order valence-corrected chi connectivity index (χ2v) is 5.20. The van der Waals surface area contributed by atoms with E-state index in [1.165, 1.54) is 5.56 Å². The molecule has 3 nitrogen and oxygen atoms in total. The zero-order chi connectivity index (χ0) is 15.4. The van der Waals surface area contributed by atoms with Gasteiger partial charge in [0.2, 0.25) is 0 Å². The Labute approximate surface area is 130 Å². The Morgan fingerprint density at radius 2 is 1.77 bits per heavy atom. The molecule has 0 saturated carbocycles. The van der Waals surface area contributed by atoms with Crippen molar-refractivity contribution < 1.29 is 9.53 Å². The maximum atomic E-state index is 12.2.